The maximum absolute atomic E-state index is 12.1. The van der Waals surface area contributed by atoms with Gasteiger partial charge in [-0.15, -0.1) is 0 Å². The number of nitriles is 2. The number of benzene rings is 2. The van der Waals surface area contributed by atoms with Crippen LogP contribution in [0, 0.1) is 29.6 Å². The number of aryl methyl sites for hydroxylation is 1. The predicted molar refractivity (Wildman–Crippen MR) is 122 cm³/mol. The minimum Gasteiger partial charge on any atom is -0.447 e. The molecule has 6 nitrogen and oxygen atoms in total. The Morgan fingerprint density at radius 1 is 1.23 bits per heavy atom. The van der Waals surface area contributed by atoms with E-state index in [0.717, 1.165) is 23.2 Å². The molecule has 1 aliphatic heterocycles. The third-order valence-corrected chi connectivity index (χ3v) is 5.61. The number of carbonyl (C=O) groups excluding carboxylic acids is 1. The molecule has 2 aromatic rings. The van der Waals surface area contributed by atoms with E-state index in [0.29, 0.717) is 24.2 Å². The maximum Gasteiger partial charge on any atom is 0.411 e. The van der Waals surface area contributed by atoms with Crippen LogP contribution in [-0.4, -0.2) is 25.3 Å². The number of nitrogens with one attached hydrogen (secondary N) is 1. The minimum atomic E-state index is -0.471. The van der Waals surface area contributed by atoms with Crippen LogP contribution in [0.5, 0.6) is 0 Å². The number of hydrogen-bond acceptors (Lipinski definition) is 5. The Balaban J connectivity index is 1.74. The van der Waals surface area contributed by atoms with Crippen LogP contribution in [0.4, 0.5) is 16.2 Å². The summed E-state index contributed by atoms with van der Waals surface area (Å²) in [4.78, 5) is 14.3. The van der Waals surface area contributed by atoms with Gasteiger partial charge in [0.2, 0.25) is 0 Å². The quantitative estimate of drug-likeness (QED) is 0.664. The molecule has 2 unspecified atom stereocenters. The van der Waals surface area contributed by atoms with Gasteiger partial charge in [0, 0.05) is 17.4 Å². The summed E-state index contributed by atoms with van der Waals surface area (Å²) in [6, 6.07) is 17.5. The zero-order valence-electron chi connectivity index (χ0n) is 18.1. The second kappa shape index (κ2) is 9.82. The van der Waals surface area contributed by atoms with E-state index in [-0.39, 0.29) is 12.2 Å². The molecule has 1 aliphatic rings. The molecule has 1 amide bonds. The highest BCUT2D eigenvalue weighted by Gasteiger charge is 2.28. The third-order valence-electron chi connectivity index (χ3n) is 5.61. The zero-order chi connectivity index (χ0) is 22.4. The number of ether oxygens (including phenoxy) is 1. The van der Waals surface area contributed by atoms with Gasteiger partial charge in [-0.3, -0.25) is 5.32 Å². The van der Waals surface area contributed by atoms with E-state index in [9.17, 15) is 4.79 Å². The van der Waals surface area contributed by atoms with E-state index in [2.05, 4.69) is 36.2 Å². The molecule has 0 fully saturated rings. The number of allylic oxidation sites excluding steroid dienone is 1. The molecule has 0 radical (unpaired) electrons. The molecular weight excluding hydrogens is 388 g/mol. The molecule has 3 rings (SSSR count). The molecule has 1 heterocycles. The topological polar surface area (TPSA) is 89.2 Å². The lowest BCUT2D eigenvalue weighted by Gasteiger charge is -2.40. The van der Waals surface area contributed by atoms with Crippen LogP contribution in [0.2, 0.25) is 0 Å². The molecule has 6 heteroatoms. The molecule has 0 aliphatic carbocycles. The number of hydrogen-bond donors (Lipinski definition) is 1. The van der Waals surface area contributed by atoms with Crippen molar-refractivity contribution < 1.29 is 9.53 Å². The summed E-state index contributed by atoms with van der Waals surface area (Å²) in [5.74, 6) is 0.351. The number of fused-ring (bicyclic) bond motifs is 1. The molecule has 0 spiro atoms. The van der Waals surface area contributed by atoms with Crippen LogP contribution in [0.1, 0.15) is 42.9 Å². The summed E-state index contributed by atoms with van der Waals surface area (Å²) >= 11 is 0. The van der Waals surface area contributed by atoms with Crippen molar-refractivity contribution in [2.24, 2.45) is 0 Å². The average molecular weight is 415 g/mol. The molecule has 0 saturated carbocycles. The van der Waals surface area contributed by atoms with Crippen LogP contribution in [-0.2, 0) is 4.74 Å². The van der Waals surface area contributed by atoms with Crippen LogP contribution >= 0.6 is 0 Å². The fraction of sp³-hybridized carbons (Fsp3) is 0.320. The van der Waals surface area contributed by atoms with E-state index in [1.54, 1.807) is 6.08 Å². The Hall–Kier alpha value is -3.77. The highest BCUT2D eigenvalue weighted by molar-refractivity contribution is 5.84. The summed E-state index contributed by atoms with van der Waals surface area (Å²) in [6.07, 6.45) is 2.14. The molecule has 0 bridgehead atoms. The lowest BCUT2D eigenvalue weighted by Crippen LogP contribution is -2.41. The molecule has 0 aromatic heterocycles. The van der Waals surface area contributed by atoms with Crippen molar-refractivity contribution in [3.63, 3.8) is 0 Å². The van der Waals surface area contributed by atoms with Gasteiger partial charge in [-0.05, 0) is 73.2 Å². The van der Waals surface area contributed by atoms with Gasteiger partial charge in [0.1, 0.15) is 24.3 Å². The van der Waals surface area contributed by atoms with Gasteiger partial charge in [-0.25, -0.2) is 4.79 Å². The Bertz CT molecular complexity index is 1050. The van der Waals surface area contributed by atoms with Gasteiger partial charge in [-0.1, -0.05) is 25.1 Å². The van der Waals surface area contributed by atoms with Gasteiger partial charge in [0.05, 0.1) is 6.54 Å². The van der Waals surface area contributed by atoms with Crippen molar-refractivity contribution in [3.8, 4) is 12.1 Å². The Morgan fingerprint density at radius 3 is 2.61 bits per heavy atom. The summed E-state index contributed by atoms with van der Waals surface area (Å²) in [6.45, 7) is 7.19. The Morgan fingerprint density at radius 2 is 1.94 bits per heavy atom. The lowest BCUT2D eigenvalue weighted by molar-refractivity contribution is 0.163. The molecule has 158 valence electrons. The van der Waals surface area contributed by atoms with Gasteiger partial charge < -0.3 is 9.64 Å². The first-order chi connectivity index (χ1) is 14.9. The predicted octanol–water partition coefficient (Wildman–Crippen LogP) is 5.38. The molecule has 0 saturated heterocycles. The fourth-order valence-electron chi connectivity index (χ4n) is 4.03. The number of rotatable bonds is 5. The Kier molecular flexibility index (Phi) is 6.95. The van der Waals surface area contributed by atoms with Gasteiger partial charge in [0.15, 0.2) is 0 Å². The second-order valence-corrected chi connectivity index (χ2v) is 7.86. The number of para-hydroxylation sites is 1. The minimum absolute atomic E-state index is 0.0922. The van der Waals surface area contributed by atoms with E-state index >= 15 is 0 Å². The summed E-state index contributed by atoms with van der Waals surface area (Å²) < 4.78 is 5.40. The molecular formula is C25H26N4O2. The van der Waals surface area contributed by atoms with Crippen LogP contribution in [0.15, 0.2) is 48.0 Å². The van der Waals surface area contributed by atoms with E-state index in [4.69, 9.17) is 15.3 Å². The van der Waals surface area contributed by atoms with Crippen molar-refractivity contribution in [2.45, 2.75) is 39.2 Å². The Labute approximate surface area is 183 Å². The lowest BCUT2D eigenvalue weighted by atomic mass is 9.85. The first kappa shape index (κ1) is 21.9. The highest BCUT2D eigenvalue weighted by atomic mass is 16.5. The summed E-state index contributed by atoms with van der Waals surface area (Å²) in [7, 11) is 0. The number of amides is 1. The van der Waals surface area contributed by atoms with Gasteiger partial charge in [-0.2, -0.15) is 10.5 Å². The number of nitrogens with zero attached hydrogens (tertiary/aromatic N) is 3. The highest BCUT2D eigenvalue weighted by Crippen LogP contribution is 2.40. The van der Waals surface area contributed by atoms with E-state index in [1.807, 2.05) is 49.4 Å². The van der Waals surface area contributed by atoms with E-state index in [1.165, 1.54) is 5.56 Å². The molecule has 1 N–H and O–H groups in total. The summed E-state index contributed by atoms with van der Waals surface area (Å²) in [5.41, 5.74) is 4.97. The SMILES string of the molecule is Cc1cc2c(cc1C=C(C#N)C#N)C(C)CC(C)N2CCOC(=O)Nc1ccccc1. The van der Waals surface area contributed by atoms with Crippen molar-refractivity contribution in [3.05, 3.63) is 64.7 Å². The third kappa shape index (κ3) is 5.24. The second-order valence-electron chi connectivity index (χ2n) is 7.86. The van der Waals surface area contributed by atoms with Gasteiger partial charge in [0.25, 0.3) is 0 Å². The van der Waals surface area contributed by atoms with Crippen LogP contribution in [0.25, 0.3) is 6.08 Å². The van der Waals surface area contributed by atoms with Crippen molar-refractivity contribution in [2.75, 3.05) is 23.4 Å². The van der Waals surface area contributed by atoms with Crippen molar-refractivity contribution >= 4 is 23.5 Å². The van der Waals surface area contributed by atoms with Crippen molar-refractivity contribution in [1.29, 1.82) is 10.5 Å². The molecule has 2 aromatic carbocycles. The normalized spacial score (nSPS) is 17.0. The summed E-state index contributed by atoms with van der Waals surface area (Å²) in [5, 5.41) is 20.9. The zero-order valence-corrected chi connectivity index (χ0v) is 18.1. The largest absolute Gasteiger partial charge is 0.447 e. The fourth-order valence-corrected chi connectivity index (χ4v) is 4.03. The number of carbonyl (C=O) groups is 1. The van der Waals surface area contributed by atoms with Crippen molar-refractivity contribution in [1.82, 2.24) is 0 Å². The van der Waals surface area contributed by atoms with E-state index < -0.39 is 6.09 Å². The first-order valence-corrected chi connectivity index (χ1v) is 10.3. The number of anilines is 2. The standard InChI is InChI=1S/C25H26N4O2/c1-17-12-24-23(14-21(17)13-20(15-26)16-27)18(2)11-19(3)29(24)9-10-31-25(30)28-22-7-5-4-6-8-22/h4-8,12-14,18-19H,9-11H2,1-3H3,(H,28,30). The van der Waals surface area contributed by atoms with Gasteiger partial charge >= 0.3 is 6.09 Å². The van der Waals surface area contributed by atoms with Crippen LogP contribution < -0.4 is 10.2 Å². The maximum atomic E-state index is 12.1. The smallest absolute Gasteiger partial charge is 0.411 e. The first-order valence-electron chi connectivity index (χ1n) is 10.3. The van der Waals surface area contributed by atoms with Crippen LogP contribution in [0.3, 0.4) is 0 Å². The molecule has 31 heavy (non-hydrogen) atoms. The monoisotopic (exact) mass is 414 g/mol. The average Bonchev–Trinajstić information content (AvgIpc) is 2.75. The molecule has 2 atom stereocenters.